The van der Waals surface area contributed by atoms with Gasteiger partial charge in [-0.05, 0) is 37.1 Å². The molecule has 0 saturated heterocycles. The van der Waals surface area contributed by atoms with Gasteiger partial charge in [0.25, 0.3) is 0 Å². The van der Waals surface area contributed by atoms with Gasteiger partial charge in [0.05, 0.1) is 13.2 Å². The van der Waals surface area contributed by atoms with Crippen molar-refractivity contribution < 1.29 is 9.84 Å². The first-order chi connectivity index (χ1) is 6.97. The molecular formula is C11H16ClNO2. The van der Waals surface area contributed by atoms with Crippen molar-refractivity contribution >= 4 is 11.6 Å². The summed E-state index contributed by atoms with van der Waals surface area (Å²) in [4.78, 5) is 0. The first-order valence-electron chi connectivity index (χ1n) is 4.75. The van der Waals surface area contributed by atoms with E-state index in [4.69, 9.17) is 22.1 Å². The first kappa shape index (κ1) is 12.3. The summed E-state index contributed by atoms with van der Waals surface area (Å²) >= 11 is 5.92. The number of aliphatic hydroxyl groups excluding tert-OH is 1. The standard InChI is InChI=1S/C11H16ClNO2/c1-6-9(11(14)7(2)13)4-8(12)5-10(6)15-3/h4-5,7,11,14H,13H2,1-3H3. The molecule has 0 radical (unpaired) electrons. The summed E-state index contributed by atoms with van der Waals surface area (Å²) in [5, 5.41) is 10.4. The highest BCUT2D eigenvalue weighted by Gasteiger charge is 2.17. The molecule has 2 unspecified atom stereocenters. The van der Waals surface area contributed by atoms with Crippen LogP contribution in [0.4, 0.5) is 0 Å². The summed E-state index contributed by atoms with van der Waals surface area (Å²) in [7, 11) is 1.57. The van der Waals surface area contributed by atoms with Crippen LogP contribution in [-0.4, -0.2) is 18.3 Å². The van der Waals surface area contributed by atoms with Crippen LogP contribution in [-0.2, 0) is 0 Å². The molecule has 0 spiro atoms. The molecule has 0 aliphatic rings. The van der Waals surface area contributed by atoms with E-state index in [-0.39, 0.29) is 6.04 Å². The molecule has 84 valence electrons. The fraction of sp³-hybridized carbons (Fsp3) is 0.455. The van der Waals surface area contributed by atoms with E-state index in [1.807, 2.05) is 6.92 Å². The molecule has 1 aromatic rings. The highest BCUT2D eigenvalue weighted by molar-refractivity contribution is 6.30. The average Bonchev–Trinajstić information content (AvgIpc) is 2.19. The second-order valence-electron chi connectivity index (χ2n) is 3.63. The summed E-state index contributed by atoms with van der Waals surface area (Å²) in [5.41, 5.74) is 7.23. The maximum atomic E-state index is 9.88. The molecule has 0 heterocycles. The van der Waals surface area contributed by atoms with Crippen molar-refractivity contribution in [3.05, 3.63) is 28.3 Å². The van der Waals surface area contributed by atoms with Gasteiger partial charge in [-0.25, -0.2) is 0 Å². The lowest BCUT2D eigenvalue weighted by Crippen LogP contribution is -2.25. The summed E-state index contributed by atoms with van der Waals surface area (Å²) in [5.74, 6) is 0.664. The van der Waals surface area contributed by atoms with Gasteiger partial charge in [-0.1, -0.05) is 11.6 Å². The van der Waals surface area contributed by atoms with Crippen LogP contribution in [0.2, 0.25) is 5.02 Å². The van der Waals surface area contributed by atoms with E-state index in [0.29, 0.717) is 16.3 Å². The molecular weight excluding hydrogens is 214 g/mol. The van der Waals surface area contributed by atoms with Crippen LogP contribution in [0.3, 0.4) is 0 Å². The molecule has 1 aromatic carbocycles. The van der Waals surface area contributed by atoms with Gasteiger partial charge in [-0.2, -0.15) is 0 Å². The van der Waals surface area contributed by atoms with Crippen LogP contribution >= 0.6 is 11.6 Å². The number of benzene rings is 1. The largest absolute Gasteiger partial charge is 0.496 e. The van der Waals surface area contributed by atoms with Crippen LogP contribution in [0.25, 0.3) is 0 Å². The fourth-order valence-electron chi connectivity index (χ4n) is 1.48. The summed E-state index contributed by atoms with van der Waals surface area (Å²) in [6.45, 7) is 3.62. The summed E-state index contributed by atoms with van der Waals surface area (Å²) in [6, 6.07) is 3.09. The van der Waals surface area contributed by atoms with Crippen LogP contribution in [0, 0.1) is 6.92 Å². The number of halogens is 1. The second kappa shape index (κ2) is 4.84. The van der Waals surface area contributed by atoms with Gasteiger partial charge in [0.1, 0.15) is 5.75 Å². The Kier molecular flexibility index (Phi) is 3.97. The van der Waals surface area contributed by atoms with Crippen molar-refractivity contribution in [2.75, 3.05) is 7.11 Å². The molecule has 0 aromatic heterocycles. The van der Waals surface area contributed by atoms with Crippen molar-refractivity contribution in [2.45, 2.75) is 26.0 Å². The monoisotopic (exact) mass is 229 g/mol. The Bertz CT molecular complexity index is 353. The SMILES string of the molecule is COc1cc(Cl)cc(C(O)C(C)N)c1C. The molecule has 3 nitrogen and oxygen atoms in total. The number of methoxy groups -OCH3 is 1. The first-order valence-corrected chi connectivity index (χ1v) is 5.12. The Hall–Kier alpha value is -0.770. The predicted molar refractivity (Wildman–Crippen MR) is 61.4 cm³/mol. The van der Waals surface area contributed by atoms with E-state index in [0.717, 1.165) is 5.56 Å². The zero-order valence-corrected chi connectivity index (χ0v) is 9.88. The molecule has 0 aliphatic heterocycles. The average molecular weight is 230 g/mol. The molecule has 0 aliphatic carbocycles. The van der Waals surface area contributed by atoms with Gasteiger partial charge in [0.15, 0.2) is 0 Å². The third-order valence-electron chi connectivity index (χ3n) is 2.40. The van der Waals surface area contributed by atoms with Gasteiger partial charge in [0.2, 0.25) is 0 Å². The number of rotatable bonds is 3. The predicted octanol–water partition coefficient (Wildman–Crippen LogP) is 2.04. The van der Waals surface area contributed by atoms with Crippen molar-refractivity contribution in [3.63, 3.8) is 0 Å². The van der Waals surface area contributed by atoms with Crippen molar-refractivity contribution in [3.8, 4) is 5.75 Å². The normalized spacial score (nSPS) is 14.8. The van der Waals surface area contributed by atoms with Gasteiger partial charge >= 0.3 is 0 Å². The summed E-state index contributed by atoms with van der Waals surface area (Å²) in [6.07, 6.45) is -0.724. The quantitative estimate of drug-likeness (QED) is 0.834. The molecule has 4 heteroatoms. The van der Waals surface area contributed by atoms with E-state index in [9.17, 15) is 5.11 Å². The molecule has 0 bridgehead atoms. The van der Waals surface area contributed by atoms with Gasteiger partial charge in [0, 0.05) is 11.1 Å². The molecule has 1 rings (SSSR count). The Balaban J connectivity index is 3.22. The van der Waals surface area contributed by atoms with Gasteiger partial charge in [-0.15, -0.1) is 0 Å². The Morgan fingerprint density at radius 3 is 2.53 bits per heavy atom. The van der Waals surface area contributed by atoms with Gasteiger partial charge in [-0.3, -0.25) is 0 Å². The van der Waals surface area contributed by atoms with Crippen LogP contribution in [0.1, 0.15) is 24.2 Å². The zero-order chi connectivity index (χ0) is 11.6. The lowest BCUT2D eigenvalue weighted by Gasteiger charge is -2.19. The molecule has 0 fully saturated rings. The summed E-state index contributed by atoms with van der Waals surface area (Å²) < 4.78 is 5.16. The van der Waals surface area contributed by atoms with Crippen LogP contribution in [0.5, 0.6) is 5.75 Å². The number of hydrogen-bond acceptors (Lipinski definition) is 3. The van der Waals surface area contributed by atoms with Crippen molar-refractivity contribution in [1.29, 1.82) is 0 Å². The van der Waals surface area contributed by atoms with Crippen LogP contribution < -0.4 is 10.5 Å². The minimum absolute atomic E-state index is 0.341. The van der Waals surface area contributed by atoms with E-state index >= 15 is 0 Å². The number of aliphatic hydroxyl groups is 1. The molecule has 2 atom stereocenters. The zero-order valence-electron chi connectivity index (χ0n) is 9.12. The Morgan fingerprint density at radius 1 is 1.47 bits per heavy atom. The third-order valence-corrected chi connectivity index (χ3v) is 2.62. The lowest BCUT2D eigenvalue weighted by atomic mass is 9.98. The van der Waals surface area contributed by atoms with E-state index in [1.165, 1.54) is 0 Å². The lowest BCUT2D eigenvalue weighted by molar-refractivity contribution is 0.152. The van der Waals surface area contributed by atoms with E-state index in [2.05, 4.69) is 0 Å². The number of ether oxygens (including phenoxy) is 1. The maximum Gasteiger partial charge on any atom is 0.123 e. The Labute approximate surface area is 94.8 Å². The van der Waals surface area contributed by atoms with E-state index < -0.39 is 6.10 Å². The minimum atomic E-state index is -0.724. The molecule has 0 saturated carbocycles. The number of nitrogens with two attached hydrogens (primary N) is 1. The van der Waals surface area contributed by atoms with Crippen LogP contribution in [0.15, 0.2) is 12.1 Å². The molecule has 3 N–H and O–H groups in total. The topological polar surface area (TPSA) is 55.5 Å². The minimum Gasteiger partial charge on any atom is -0.496 e. The fourth-order valence-corrected chi connectivity index (χ4v) is 1.69. The maximum absolute atomic E-state index is 9.88. The van der Waals surface area contributed by atoms with E-state index in [1.54, 1.807) is 26.2 Å². The highest BCUT2D eigenvalue weighted by Crippen LogP contribution is 2.31. The smallest absolute Gasteiger partial charge is 0.123 e. The van der Waals surface area contributed by atoms with Gasteiger partial charge < -0.3 is 15.6 Å². The molecule has 15 heavy (non-hydrogen) atoms. The number of hydrogen-bond donors (Lipinski definition) is 2. The van der Waals surface area contributed by atoms with Crippen molar-refractivity contribution in [2.24, 2.45) is 5.73 Å². The molecule has 0 amide bonds. The third kappa shape index (κ3) is 2.62. The Morgan fingerprint density at radius 2 is 2.07 bits per heavy atom. The highest BCUT2D eigenvalue weighted by atomic mass is 35.5. The van der Waals surface area contributed by atoms with Crippen molar-refractivity contribution in [1.82, 2.24) is 0 Å². The second-order valence-corrected chi connectivity index (χ2v) is 4.06.